The number of rotatable bonds is 1. The lowest BCUT2D eigenvalue weighted by Crippen LogP contribution is -2.43. The van der Waals surface area contributed by atoms with Crippen molar-refractivity contribution in [2.24, 2.45) is 22.7 Å². The highest BCUT2D eigenvalue weighted by Crippen LogP contribution is 2.62. The number of ketones is 1. The van der Waals surface area contributed by atoms with E-state index in [0.717, 1.165) is 37.0 Å². The Bertz CT molecular complexity index is 671. The van der Waals surface area contributed by atoms with Crippen LogP contribution in [0.1, 0.15) is 52.4 Å². The lowest BCUT2D eigenvalue weighted by Gasteiger charge is -2.51. The van der Waals surface area contributed by atoms with E-state index in [9.17, 15) is 9.18 Å². The molecule has 2 nitrogen and oxygen atoms in total. The normalized spacial score (nSPS) is 42.5. The monoisotopic (exact) mass is 316 g/mol. The van der Waals surface area contributed by atoms with Gasteiger partial charge in [0, 0.05) is 30.1 Å². The quantitative estimate of drug-likeness (QED) is 0.645. The summed E-state index contributed by atoms with van der Waals surface area (Å²) in [6.45, 7) is 4.28. The summed E-state index contributed by atoms with van der Waals surface area (Å²) in [6.07, 6.45) is 8.83. The van der Waals surface area contributed by atoms with E-state index in [1.807, 2.05) is 6.08 Å². The van der Waals surface area contributed by atoms with Crippen molar-refractivity contribution in [3.8, 4) is 0 Å². The molecule has 4 aliphatic carbocycles. The second kappa shape index (κ2) is 4.81. The van der Waals surface area contributed by atoms with Gasteiger partial charge in [0.15, 0.2) is 0 Å². The minimum atomic E-state index is -0.259. The van der Waals surface area contributed by atoms with Crippen LogP contribution in [0.3, 0.4) is 0 Å². The van der Waals surface area contributed by atoms with Crippen LogP contribution in [-0.2, 0) is 9.53 Å². The molecule has 0 spiro atoms. The molecule has 0 amide bonds. The molecule has 0 aromatic heterocycles. The summed E-state index contributed by atoms with van der Waals surface area (Å²) in [5.41, 5.74) is 1.72. The first-order valence-corrected chi connectivity index (χ1v) is 8.77. The first kappa shape index (κ1) is 15.2. The fraction of sp³-hybridized carbons (Fsp3) is 0.650. The first-order valence-electron chi connectivity index (χ1n) is 8.77. The Morgan fingerprint density at radius 1 is 1.30 bits per heavy atom. The first-order chi connectivity index (χ1) is 10.9. The number of halogens is 1. The van der Waals surface area contributed by atoms with E-state index in [1.165, 1.54) is 5.57 Å². The van der Waals surface area contributed by atoms with Crippen molar-refractivity contribution in [3.63, 3.8) is 0 Å². The Hall–Kier alpha value is -1.38. The molecule has 1 saturated carbocycles. The van der Waals surface area contributed by atoms with Crippen molar-refractivity contribution in [1.82, 2.24) is 0 Å². The Labute approximate surface area is 137 Å². The maximum Gasteiger partial charge on any atom is 0.139 e. The van der Waals surface area contributed by atoms with Gasteiger partial charge in [-0.2, -0.15) is 0 Å². The molecule has 0 radical (unpaired) electrons. The molecule has 0 aliphatic heterocycles. The summed E-state index contributed by atoms with van der Waals surface area (Å²) < 4.78 is 20.4. The van der Waals surface area contributed by atoms with Gasteiger partial charge in [0.1, 0.15) is 11.6 Å². The topological polar surface area (TPSA) is 26.3 Å². The summed E-state index contributed by atoms with van der Waals surface area (Å²) >= 11 is 0. The van der Waals surface area contributed by atoms with Gasteiger partial charge in [-0.15, -0.1) is 0 Å². The van der Waals surface area contributed by atoms with Crippen LogP contribution in [0.5, 0.6) is 0 Å². The van der Waals surface area contributed by atoms with Crippen molar-refractivity contribution in [1.29, 1.82) is 0 Å². The van der Waals surface area contributed by atoms with E-state index < -0.39 is 0 Å². The Balaban J connectivity index is 1.81. The molecule has 0 heterocycles. The fourth-order valence-electron chi connectivity index (χ4n) is 5.63. The maximum absolute atomic E-state index is 15.0. The Kier molecular flexibility index (Phi) is 3.17. The highest BCUT2D eigenvalue weighted by atomic mass is 19.1. The third-order valence-electron chi connectivity index (χ3n) is 7.13. The molecule has 3 heteroatoms. The number of carbonyl (C=O) groups is 1. The molecule has 4 rings (SSSR count). The van der Waals surface area contributed by atoms with Crippen molar-refractivity contribution >= 4 is 5.78 Å². The van der Waals surface area contributed by atoms with Crippen molar-refractivity contribution < 1.29 is 13.9 Å². The summed E-state index contributed by atoms with van der Waals surface area (Å²) in [6, 6.07) is 0. The van der Waals surface area contributed by atoms with Crippen molar-refractivity contribution in [2.45, 2.75) is 52.4 Å². The van der Waals surface area contributed by atoms with Crippen LogP contribution in [0.15, 0.2) is 34.9 Å². The van der Waals surface area contributed by atoms with E-state index in [4.69, 9.17) is 4.74 Å². The fourth-order valence-corrected chi connectivity index (χ4v) is 5.63. The van der Waals surface area contributed by atoms with Gasteiger partial charge in [-0.05, 0) is 42.7 Å². The van der Waals surface area contributed by atoms with E-state index in [2.05, 4.69) is 19.9 Å². The van der Waals surface area contributed by atoms with E-state index >= 15 is 0 Å². The molecular formula is C20H25FO2. The number of hydrogen-bond donors (Lipinski definition) is 0. The zero-order chi connectivity index (χ0) is 16.4. The predicted molar refractivity (Wildman–Crippen MR) is 87.2 cm³/mol. The molecule has 0 unspecified atom stereocenters. The van der Waals surface area contributed by atoms with Gasteiger partial charge in [-0.3, -0.25) is 4.79 Å². The summed E-state index contributed by atoms with van der Waals surface area (Å²) in [7, 11) is 1.66. The van der Waals surface area contributed by atoms with Gasteiger partial charge in [0.05, 0.1) is 12.9 Å². The SMILES string of the molecule is COC1=CC2=C(F)C[C@@H]3C(=CC[C@]4(C)C(=O)CC[C@@H]34)[C@@]2(C)CC1. The van der Waals surface area contributed by atoms with Gasteiger partial charge >= 0.3 is 0 Å². The molecular weight excluding hydrogens is 291 g/mol. The second-order valence-electron chi connectivity index (χ2n) is 8.13. The van der Waals surface area contributed by atoms with Crippen LogP contribution in [0, 0.1) is 22.7 Å². The van der Waals surface area contributed by atoms with Crippen molar-refractivity contribution in [2.75, 3.05) is 7.11 Å². The van der Waals surface area contributed by atoms with E-state index in [-0.39, 0.29) is 22.6 Å². The van der Waals surface area contributed by atoms with Gasteiger partial charge < -0.3 is 4.74 Å². The van der Waals surface area contributed by atoms with Gasteiger partial charge in [-0.1, -0.05) is 25.5 Å². The molecule has 4 aliphatic rings. The van der Waals surface area contributed by atoms with Crippen LogP contribution in [-0.4, -0.2) is 12.9 Å². The average Bonchev–Trinajstić information content (AvgIpc) is 2.83. The van der Waals surface area contributed by atoms with E-state index in [0.29, 0.717) is 24.5 Å². The van der Waals surface area contributed by atoms with Crippen LogP contribution >= 0.6 is 0 Å². The highest BCUT2D eigenvalue weighted by molar-refractivity contribution is 5.87. The summed E-state index contributed by atoms with van der Waals surface area (Å²) in [5.74, 6) is 1.78. The summed E-state index contributed by atoms with van der Waals surface area (Å²) in [5, 5.41) is 0. The predicted octanol–water partition coefficient (Wildman–Crippen LogP) is 4.88. The van der Waals surface area contributed by atoms with Gasteiger partial charge in [-0.25, -0.2) is 4.39 Å². The molecule has 0 aromatic rings. The molecule has 124 valence electrons. The minimum absolute atomic E-state index is 0.00694. The Morgan fingerprint density at radius 2 is 2.09 bits per heavy atom. The van der Waals surface area contributed by atoms with Crippen LogP contribution in [0.2, 0.25) is 0 Å². The molecule has 0 bridgehead atoms. The summed E-state index contributed by atoms with van der Waals surface area (Å²) in [4.78, 5) is 12.4. The number of allylic oxidation sites excluding steroid dienone is 6. The number of hydrogen-bond acceptors (Lipinski definition) is 2. The third-order valence-corrected chi connectivity index (χ3v) is 7.13. The number of fused-ring (bicyclic) bond motifs is 5. The standard InChI is InChI=1S/C20H25FO2/c1-19-8-6-12(23-3)10-16(19)17(21)11-13-14-4-5-18(22)20(14,2)9-7-15(13)19/h7,10,13-14H,4-6,8-9,11H2,1-3H3/t13-,14-,19+,20-/m0/s1. The molecule has 0 N–H and O–H groups in total. The molecule has 4 atom stereocenters. The van der Waals surface area contributed by atoms with Gasteiger partial charge in [0.25, 0.3) is 0 Å². The largest absolute Gasteiger partial charge is 0.501 e. The minimum Gasteiger partial charge on any atom is -0.501 e. The maximum atomic E-state index is 15.0. The average molecular weight is 316 g/mol. The lowest BCUT2D eigenvalue weighted by molar-refractivity contribution is -0.127. The number of carbonyl (C=O) groups excluding carboxylic acids is 1. The molecule has 1 fully saturated rings. The second-order valence-corrected chi connectivity index (χ2v) is 8.13. The van der Waals surface area contributed by atoms with Crippen LogP contribution in [0.4, 0.5) is 4.39 Å². The van der Waals surface area contributed by atoms with Crippen LogP contribution in [0.25, 0.3) is 0 Å². The number of Topliss-reactive ketones (excluding diaryl/α,β-unsaturated/α-hetero) is 1. The smallest absolute Gasteiger partial charge is 0.139 e. The van der Waals surface area contributed by atoms with Crippen LogP contribution < -0.4 is 0 Å². The number of methoxy groups -OCH3 is 1. The molecule has 0 saturated heterocycles. The zero-order valence-electron chi connectivity index (χ0n) is 14.2. The zero-order valence-corrected chi connectivity index (χ0v) is 14.2. The third kappa shape index (κ3) is 1.88. The lowest BCUT2D eigenvalue weighted by atomic mass is 9.53. The van der Waals surface area contributed by atoms with Crippen molar-refractivity contribution in [3.05, 3.63) is 34.9 Å². The Morgan fingerprint density at radius 3 is 2.83 bits per heavy atom. The van der Waals surface area contributed by atoms with E-state index in [1.54, 1.807) is 7.11 Å². The number of ether oxygens (including phenoxy) is 1. The molecule has 0 aromatic carbocycles. The molecule has 23 heavy (non-hydrogen) atoms. The highest BCUT2D eigenvalue weighted by Gasteiger charge is 2.56. The van der Waals surface area contributed by atoms with Gasteiger partial charge in [0.2, 0.25) is 0 Å².